The Balaban J connectivity index is 1.58. The molecule has 26 heavy (non-hydrogen) atoms. The summed E-state index contributed by atoms with van der Waals surface area (Å²) in [4.78, 5) is 0.279. The average molecular weight is 393 g/mol. The molecule has 0 saturated carbocycles. The van der Waals surface area contributed by atoms with Crippen LogP contribution in [0, 0.1) is 5.92 Å². The van der Waals surface area contributed by atoms with Gasteiger partial charge in [-0.2, -0.15) is 0 Å². The van der Waals surface area contributed by atoms with Crippen molar-refractivity contribution >= 4 is 21.4 Å². The Morgan fingerprint density at radius 3 is 2.23 bits per heavy atom. The largest absolute Gasteiger partial charge is 0.370 e. The van der Waals surface area contributed by atoms with Gasteiger partial charge >= 0.3 is 0 Å². The lowest BCUT2D eigenvalue weighted by Gasteiger charge is -2.33. The molecule has 0 spiro atoms. The summed E-state index contributed by atoms with van der Waals surface area (Å²) in [6, 6.07) is 18.3. The number of alkyl halides is 1. The second-order valence-corrected chi connectivity index (χ2v) is 9.56. The van der Waals surface area contributed by atoms with Crippen LogP contribution in [0.5, 0.6) is 0 Å². The van der Waals surface area contributed by atoms with Gasteiger partial charge in [0, 0.05) is 5.92 Å². The van der Waals surface area contributed by atoms with E-state index < -0.39 is 26.6 Å². The predicted octanol–water partition coefficient (Wildman–Crippen LogP) is 3.44. The molecule has 2 saturated heterocycles. The number of rotatable bonds is 5. The Kier molecular flexibility index (Phi) is 4.82. The fraction of sp³-hybridized carbons (Fsp3) is 0.400. The smallest absolute Gasteiger partial charge is 0.185 e. The van der Waals surface area contributed by atoms with Crippen LogP contribution in [0.1, 0.15) is 12.5 Å². The molecule has 138 valence electrons. The first kappa shape index (κ1) is 18.0. The second-order valence-electron chi connectivity index (χ2n) is 6.95. The van der Waals surface area contributed by atoms with Crippen LogP contribution in [0.3, 0.4) is 0 Å². The molecule has 0 amide bonds. The minimum atomic E-state index is -3.59. The molecule has 2 aliphatic rings. The third-order valence-corrected chi connectivity index (χ3v) is 8.22. The van der Waals surface area contributed by atoms with E-state index in [1.54, 1.807) is 30.3 Å². The van der Waals surface area contributed by atoms with E-state index in [1.165, 1.54) is 0 Å². The SMILES string of the molecule is C[C@H]1[C@H]2O[C@@H]([C@@H]1OCc1ccccc1)[C@H](S(=O)(=O)c1ccccc1)[C@H]2Cl. The van der Waals surface area contributed by atoms with Crippen molar-refractivity contribution in [2.45, 2.75) is 47.4 Å². The van der Waals surface area contributed by atoms with E-state index in [-0.39, 0.29) is 23.0 Å². The number of halogens is 1. The zero-order chi connectivity index (χ0) is 18.3. The molecule has 2 aromatic rings. The number of fused-ring (bicyclic) bond motifs is 2. The molecule has 4 rings (SSSR count). The summed E-state index contributed by atoms with van der Waals surface area (Å²) in [6.45, 7) is 2.44. The van der Waals surface area contributed by atoms with Gasteiger partial charge in [-0.05, 0) is 17.7 Å². The van der Waals surface area contributed by atoms with Gasteiger partial charge in [0.15, 0.2) is 9.84 Å². The third kappa shape index (κ3) is 2.97. The number of hydrogen-bond acceptors (Lipinski definition) is 4. The average Bonchev–Trinajstić information content (AvgIpc) is 3.16. The molecule has 2 heterocycles. The highest BCUT2D eigenvalue weighted by atomic mass is 35.5. The predicted molar refractivity (Wildman–Crippen MR) is 99.9 cm³/mol. The summed E-state index contributed by atoms with van der Waals surface area (Å²) < 4.78 is 38.4. The molecule has 0 aromatic heterocycles. The maximum atomic E-state index is 13.1. The van der Waals surface area contributed by atoms with Gasteiger partial charge in [0.1, 0.15) is 11.4 Å². The quantitative estimate of drug-likeness (QED) is 0.731. The first-order valence-corrected chi connectivity index (χ1v) is 10.7. The van der Waals surface area contributed by atoms with E-state index in [2.05, 4.69) is 0 Å². The summed E-state index contributed by atoms with van der Waals surface area (Å²) in [5, 5.41) is -1.37. The zero-order valence-corrected chi connectivity index (χ0v) is 15.9. The molecule has 0 radical (unpaired) electrons. The number of ether oxygens (including phenoxy) is 2. The van der Waals surface area contributed by atoms with Crippen molar-refractivity contribution in [3.63, 3.8) is 0 Å². The lowest BCUT2D eigenvalue weighted by Crippen LogP contribution is -2.50. The number of sulfone groups is 1. The van der Waals surface area contributed by atoms with Crippen LogP contribution in [0.25, 0.3) is 0 Å². The van der Waals surface area contributed by atoms with Gasteiger partial charge in [0.2, 0.25) is 0 Å². The summed E-state index contributed by atoms with van der Waals surface area (Å²) in [5.41, 5.74) is 1.05. The summed E-state index contributed by atoms with van der Waals surface area (Å²) in [7, 11) is -3.59. The highest BCUT2D eigenvalue weighted by Gasteiger charge is 2.62. The molecule has 4 nitrogen and oxygen atoms in total. The van der Waals surface area contributed by atoms with Crippen LogP contribution in [0.2, 0.25) is 0 Å². The van der Waals surface area contributed by atoms with Gasteiger partial charge < -0.3 is 9.47 Å². The number of benzene rings is 2. The highest BCUT2D eigenvalue weighted by Crippen LogP contribution is 2.47. The van der Waals surface area contributed by atoms with Gasteiger partial charge in [0.05, 0.1) is 29.1 Å². The van der Waals surface area contributed by atoms with Crippen LogP contribution >= 0.6 is 11.6 Å². The molecule has 0 unspecified atom stereocenters. The van der Waals surface area contributed by atoms with Gasteiger partial charge in [-0.25, -0.2) is 8.42 Å². The highest BCUT2D eigenvalue weighted by molar-refractivity contribution is 7.92. The molecule has 2 bridgehead atoms. The standard InChI is InChI=1S/C20H21ClO4S/c1-13-17-16(21)20(26(22,23)15-10-6-3-7-11-15)19(25-17)18(13)24-12-14-8-4-2-5-9-14/h2-11,13,16-20H,12H2,1H3/t13-,16-,17+,18+,19-,20+/m0/s1. The first-order chi connectivity index (χ1) is 12.5. The Morgan fingerprint density at radius 1 is 1.00 bits per heavy atom. The van der Waals surface area contributed by atoms with E-state index in [9.17, 15) is 8.42 Å². The van der Waals surface area contributed by atoms with Crippen LogP contribution in [-0.4, -0.2) is 37.4 Å². The Morgan fingerprint density at radius 2 is 1.62 bits per heavy atom. The van der Waals surface area contributed by atoms with Gasteiger partial charge in [-0.1, -0.05) is 55.5 Å². The first-order valence-electron chi connectivity index (χ1n) is 8.74. The van der Waals surface area contributed by atoms with Gasteiger partial charge in [-0.3, -0.25) is 0 Å². The molecular weight excluding hydrogens is 372 g/mol. The maximum Gasteiger partial charge on any atom is 0.185 e. The molecular formula is C20H21ClO4S. The summed E-state index contributed by atoms with van der Waals surface area (Å²) in [5.74, 6) is 0.0495. The van der Waals surface area contributed by atoms with Crippen molar-refractivity contribution in [3.05, 3.63) is 66.2 Å². The van der Waals surface area contributed by atoms with Gasteiger partial charge in [-0.15, -0.1) is 11.6 Å². The molecule has 0 aliphatic carbocycles. The fourth-order valence-electron chi connectivity index (χ4n) is 3.99. The maximum absolute atomic E-state index is 13.1. The minimum Gasteiger partial charge on any atom is -0.370 e. The van der Waals surface area contributed by atoms with Crippen LogP contribution in [0.15, 0.2) is 65.6 Å². The topological polar surface area (TPSA) is 52.6 Å². The Bertz CT molecular complexity index is 856. The van der Waals surface area contributed by atoms with E-state index in [1.807, 2.05) is 37.3 Å². The lowest BCUT2D eigenvalue weighted by molar-refractivity contribution is -0.0196. The summed E-state index contributed by atoms with van der Waals surface area (Å²) in [6.07, 6.45) is -1.16. The zero-order valence-electron chi connectivity index (χ0n) is 14.4. The van der Waals surface area contributed by atoms with Crippen molar-refractivity contribution in [3.8, 4) is 0 Å². The van der Waals surface area contributed by atoms with Crippen molar-refractivity contribution in [2.24, 2.45) is 5.92 Å². The van der Waals surface area contributed by atoms with E-state index in [4.69, 9.17) is 21.1 Å². The van der Waals surface area contributed by atoms with Gasteiger partial charge in [0.25, 0.3) is 0 Å². The van der Waals surface area contributed by atoms with Crippen LogP contribution in [0.4, 0.5) is 0 Å². The fourth-order valence-corrected chi connectivity index (χ4v) is 6.75. The molecule has 2 fully saturated rings. The van der Waals surface area contributed by atoms with Crippen molar-refractivity contribution in [1.29, 1.82) is 0 Å². The van der Waals surface area contributed by atoms with Crippen molar-refractivity contribution in [2.75, 3.05) is 0 Å². The van der Waals surface area contributed by atoms with Crippen molar-refractivity contribution in [1.82, 2.24) is 0 Å². The molecule has 2 aliphatic heterocycles. The van der Waals surface area contributed by atoms with Crippen molar-refractivity contribution < 1.29 is 17.9 Å². The van der Waals surface area contributed by atoms with E-state index in [0.717, 1.165) is 5.56 Å². The Hall–Kier alpha value is -1.40. The lowest BCUT2D eigenvalue weighted by atomic mass is 9.87. The molecule has 2 aromatic carbocycles. The monoisotopic (exact) mass is 392 g/mol. The summed E-state index contributed by atoms with van der Waals surface area (Å²) >= 11 is 6.53. The van der Waals surface area contributed by atoms with Crippen LogP contribution < -0.4 is 0 Å². The third-order valence-electron chi connectivity index (χ3n) is 5.34. The second kappa shape index (κ2) is 6.97. The molecule has 6 atom stereocenters. The minimum absolute atomic E-state index is 0.0495. The number of hydrogen-bond donors (Lipinski definition) is 0. The van der Waals surface area contributed by atoms with Crippen LogP contribution in [-0.2, 0) is 25.9 Å². The van der Waals surface area contributed by atoms with E-state index >= 15 is 0 Å². The van der Waals surface area contributed by atoms with E-state index in [0.29, 0.717) is 6.61 Å². The Labute approximate surface area is 159 Å². The molecule has 6 heteroatoms. The molecule has 0 N–H and O–H groups in total. The normalized spacial score (nSPS) is 33.5.